The maximum absolute atomic E-state index is 14.0. The van der Waals surface area contributed by atoms with Gasteiger partial charge >= 0.3 is 12.1 Å². The molecule has 1 fully saturated rings. The number of nitriles is 1. The topological polar surface area (TPSA) is 116 Å². The van der Waals surface area contributed by atoms with E-state index in [1.807, 2.05) is 6.07 Å². The minimum atomic E-state index is -1.31. The maximum Gasteiger partial charge on any atom is 0.408 e. The van der Waals surface area contributed by atoms with Crippen molar-refractivity contribution in [1.82, 2.24) is 10.3 Å². The average Bonchev–Trinajstić information content (AvgIpc) is 3.05. The van der Waals surface area contributed by atoms with E-state index >= 15 is 0 Å². The number of anilines is 1. The van der Waals surface area contributed by atoms with Gasteiger partial charge in [0, 0.05) is 30.9 Å². The van der Waals surface area contributed by atoms with Crippen LogP contribution in [0.25, 0.3) is 11.1 Å². The van der Waals surface area contributed by atoms with Crippen molar-refractivity contribution in [1.29, 1.82) is 5.26 Å². The van der Waals surface area contributed by atoms with E-state index in [1.165, 1.54) is 0 Å². The molecule has 1 aliphatic rings. The predicted octanol–water partition coefficient (Wildman–Crippen LogP) is 4.09. The van der Waals surface area contributed by atoms with Crippen molar-refractivity contribution >= 4 is 17.7 Å². The van der Waals surface area contributed by atoms with Crippen molar-refractivity contribution < 1.29 is 28.2 Å². The van der Waals surface area contributed by atoms with Gasteiger partial charge < -0.3 is 20.1 Å². The molecular weight excluding hydrogens is 434 g/mol. The first-order chi connectivity index (χ1) is 15.3. The lowest BCUT2D eigenvalue weighted by molar-refractivity contribution is 0.0472. The molecule has 0 bridgehead atoms. The van der Waals surface area contributed by atoms with Gasteiger partial charge in [0.2, 0.25) is 0 Å². The zero-order valence-electron chi connectivity index (χ0n) is 18.7. The Morgan fingerprint density at radius 1 is 1.27 bits per heavy atom. The summed E-state index contributed by atoms with van der Waals surface area (Å²) < 4.78 is 33.3. The van der Waals surface area contributed by atoms with E-state index in [1.54, 1.807) is 32.6 Å². The van der Waals surface area contributed by atoms with Crippen molar-refractivity contribution in [3.63, 3.8) is 0 Å². The quantitative estimate of drug-likeness (QED) is 0.709. The van der Waals surface area contributed by atoms with Crippen LogP contribution in [0.2, 0.25) is 0 Å². The summed E-state index contributed by atoms with van der Waals surface area (Å²) in [6.45, 7) is 7.48. The third-order valence-corrected chi connectivity index (χ3v) is 5.13. The standard InChI is InChI=1S/C23H24F2N4O4/c1-22(2,3)33-21(32)28-23(4)5-6-29(12-23)19-16(20(30)31)11-27-17(10-26)18(19)13-7-14(24)9-15(25)8-13/h7-9,11H,5-6,12H2,1-4H3,(H,28,32)(H,30,31). The van der Waals surface area contributed by atoms with Crippen molar-refractivity contribution in [3.8, 4) is 17.2 Å². The first-order valence-electron chi connectivity index (χ1n) is 10.2. The van der Waals surface area contributed by atoms with Gasteiger partial charge in [-0.15, -0.1) is 0 Å². The number of amides is 1. The monoisotopic (exact) mass is 458 g/mol. The van der Waals surface area contributed by atoms with Crippen LogP contribution in [-0.4, -0.2) is 46.4 Å². The van der Waals surface area contributed by atoms with Crippen LogP contribution >= 0.6 is 0 Å². The molecule has 2 N–H and O–H groups in total. The molecule has 1 aromatic carbocycles. The summed E-state index contributed by atoms with van der Waals surface area (Å²) in [6.07, 6.45) is 0.865. The van der Waals surface area contributed by atoms with Gasteiger partial charge in [0.1, 0.15) is 34.6 Å². The fraction of sp³-hybridized carbons (Fsp3) is 0.391. The van der Waals surface area contributed by atoms with E-state index in [2.05, 4.69) is 10.3 Å². The number of carbonyl (C=O) groups is 2. The average molecular weight is 458 g/mol. The van der Waals surface area contributed by atoms with Crippen LogP contribution in [0, 0.1) is 23.0 Å². The van der Waals surface area contributed by atoms with Crippen LogP contribution in [0.5, 0.6) is 0 Å². The minimum Gasteiger partial charge on any atom is -0.478 e. The number of alkyl carbamates (subject to hydrolysis) is 1. The van der Waals surface area contributed by atoms with Crippen molar-refractivity contribution in [3.05, 3.63) is 47.3 Å². The second-order valence-electron chi connectivity index (χ2n) is 9.18. The van der Waals surface area contributed by atoms with Gasteiger partial charge in [0.15, 0.2) is 0 Å². The summed E-state index contributed by atoms with van der Waals surface area (Å²) in [7, 11) is 0. The van der Waals surface area contributed by atoms with Crippen molar-refractivity contribution in [2.45, 2.75) is 45.3 Å². The molecule has 1 amide bonds. The normalized spacial score (nSPS) is 18.0. The Kier molecular flexibility index (Phi) is 6.27. The van der Waals surface area contributed by atoms with E-state index in [-0.39, 0.29) is 34.6 Å². The summed E-state index contributed by atoms with van der Waals surface area (Å²) in [5, 5.41) is 22.2. The van der Waals surface area contributed by atoms with Crippen molar-refractivity contribution in [2.75, 3.05) is 18.0 Å². The van der Waals surface area contributed by atoms with Crippen LogP contribution in [-0.2, 0) is 4.74 Å². The number of aromatic carboxylic acids is 1. The molecule has 1 unspecified atom stereocenters. The predicted molar refractivity (Wildman–Crippen MR) is 116 cm³/mol. The number of pyridine rings is 1. The summed E-state index contributed by atoms with van der Waals surface area (Å²) >= 11 is 0. The van der Waals surface area contributed by atoms with Gasteiger partial charge in [-0.2, -0.15) is 5.26 Å². The molecule has 0 radical (unpaired) electrons. The van der Waals surface area contributed by atoms with Gasteiger partial charge in [-0.05, 0) is 51.8 Å². The van der Waals surface area contributed by atoms with E-state index in [9.17, 15) is 28.7 Å². The minimum absolute atomic E-state index is 0.0108. The molecule has 174 valence electrons. The van der Waals surface area contributed by atoms with Crippen LogP contribution in [0.3, 0.4) is 0 Å². The Morgan fingerprint density at radius 2 is 1.91 bits per heavy atom. The van der Waals surface area contributed by atoms with Gasteiger partial charge in [0.25, 0.3) is 0 Å². The molecule has 0 saturated carbocycles. The maximum atomic E-state index is 14.0. The number of carbonyl (C=O) groups excluding carboxylic acids is 1. The van der Waals surface area contributed by atoms with Crippen LogP contribution < -0.4 is 10.2 Å². The van der Waals surface area contributed by atoms with Crippen LogP contribution in [0.1, 0.15) is 50.2 Å². The molecule has 1 atom stereocenters. The summed E-state index contributed by atoms with van der Waals surface area (Å²) in [4.78, 5) is 29.9. The number of carboxylic acid groups (broad SMARTS) is 1. The number of hydrogen-bond donors (Lipinski definition) is 2. The molecule has 3 rings (SSSR count). The fourth-order valence-electron chi connectivity index (χ4n) is 3.85. The highest BCUT2D eigenvalue weighted by atomic mass is 19.1. The largest absolute Gasteiger partial charge is 0.478 e. The first-order valence-corrected chi connectivity index (χ1v) is 10.2. The number of nitrogens with one attached hydrogen (secondary N) is 1. The van der Waals surface area contributed by atoms with Gasteiger partial charge in [-0.3, -0.25) is 0 Å². The Balaban J connectivity index is 2.08. The van der Waals surface area contributed by atoms with Gasteiger partial charge in [0.05, 0.1) is 11.2 Å². The molecule has 1 saturated heterocycles. The molecule has 2 heterocycles. The SMILES string of the molecule is CC1(NC(=O)OC(C)(C)C)CCN(c2c(C(=O)O)cnc(C#N)c2-c2cc(F)cc(F)c2)C1. The number of ether oxygens (including phenoxy) is 1. The third kappa shape index (κ3) is 5.37. The highest BCUT2D eigenvalue weighted by Gasteiger charge is 2.39. The number of hydrogen-bond acceptors (Lipinski definition) is 6. The molecule has 2 aromatic rings. The molecular formula is C23H24F2N4O4. The second-order valence-corrected chi connectivity index (χ2v) is 9.18. The number of nitrogens with zero attached hydrogens (tertiary/aromatic N) is 3. The van der Waals surface area contributed by atoms with E-state index in [4.69, 9.17) is 4.74 Å². The van der Waals surface area contributed by atoms with E-state index in [0.717, 1.165) is 18.3 Å². The lowest BCUT2D eigenvalue weighted by Gasteiger charge is -2.30. The number of benzene rings is 1. The molecule has 10 heteroatoms. The number of carboxylic acids is 1. The molecule has 33 heavy (non-hydrogen) atoms. The lowest BCUT2D eigenvalue weighted by atomic mass is 9.97. The Morgan fingerprint density at radius 3 is 2.45 bits per heavy atom. The number of aromatic nitrogens is 1. The Labute approximate surface area is 189 Å². The third-order valence-electron chi connectivity index (χ3n) is 5.13. The fourth-order valence-corrected chi connectivity index (χ4v) is 3.85. The highest BCUT2D eigenvalue weighted by molar-refractivity contribution is 6.00. The summed E-state index contributed by atoms with van der Waals surface area (Å²) in [5.74, 6) is -3.06. The summed E-state index contributed by atoms with van der Waals surface area (Å²) in [5.41, 5.74) is -1.77. The highest BCUT2D eigenvalue weighted by Crippen LogP contribution is 2.39. The Bertz CT molecular complexity index is 1140. The molecule has 1 aliphatic heterocycles. The van der Waals surface area contributed by atoms with Crippen LogP contribution in [0.4, 0.5) is 19.3 Å². The molecule has 1 aromatic heterocycles. The van der Waals surface area contributed by atoms with Crippen LogP contribution in [0.15, 0.2) is 24.4 Å². The summed E-state index contributed by atoms with van der Waals surface area (Å²) in [6, 6.07) is 4.59. The molecule has 0 aliphatic carbocycles. The smallest absolute Gasteiger partial charge is 0.408 e. The number of rotatable bonds is 4. The molecule has 0 spiro atoms. The van der Waals surface area contributed by atoms with E-state index < -0.39 is 34.8 Å². The Hall–Kier alpha value is -3.74. The zero-order chi connectivity index (χ0) is 24.6. The van der Waals surface area contributed by atoms with Gasteiger partial charge in [-0.1, -0.05) is 0 Å². The number of halogens is 2. The van der Waals surface area contributed by atoms with Crippen molar-refractivity contribution in [2.24, 2.45) is 0 Å². The van der Waals surface area contributed by atoms with E-state index in [0.29, 0.717) is 19.0 Å². The lowest BCUT2D eigenvalue weighted by Crippen LogP contribution is -2.49. The zero-order valence-corrected chi connectivity index (χ0v) is 18.7. The first kappa shape index (κ1) is 23.9. The second kappa shape index (κ2) is 8.65. The molecule has 8 nitrogen and oxygen atoms in total. The van der Waals surface area contributed by atoms with Gasteiger partial charge in [-0.25, -0.2) is 23.4 Å².